The molecule has 6 nitrogen and oxygen atoms in total. The molecule has 6 heteroatoms. The average molecular weight is 265 g/mol. The zero-order valence-electron chi connectivity index (χ0n) is 11.8. The number of carbonyl (C=O) groups excluding carboxylic acids is 1. The number of piperazine rings is 1. The molecule has 0 bridgehead atoms. The van der Waals surface area contributed by atoms with E-state index in [2.05, 4.69) is 22.4 Å². The monoisotopic (exact) mass is 265 g/mol. The van der Waals surface area contributed by atoms with Gasteiger partial charge in [-0.1, -0.05) is 0 Å². The van der Waals surface area contributed by atoms with Crippen LogP contribution < -0.4 is 5.32 Å². The van der Waals surface area contributed by atoms with Gasteiger partial charge in [-0.3, -0.25) is 9.48 Å². The molecule has 0 atom stereocenters. The van der Waals surface area contributed by atoms with Gasteiger partial charge in [-0.25, -0.2) is 0 Å². The lowest BCUT2D eigenvalue weighted by Crippen LogP contribution is -2.49. The van der Waals surface area contributed by atoms with Crippen LogP contribution in [0.5, 0.6) is 0 Å². The standard InChI is InChI=1S/C13H23N5O/c1-16-7-9-18(10-8-16)13(19)11-14-5-3-12-4-6-15-17(12)2/h4,6,14H,3,5,7-11H2,1-2H3. The minimum Gasteiger partial charge on any atom is -0.339 e. The number of nitrogens with zero attached hydrogens (tertiary/aromatic N) is 4. The molecule has 0 saturated carbocycles. The molecule has 0 aromatic carbocycles. The molecule has 0 spiro atoms. The van der Waals surface area contributed by atoms with Crippen molar-refractivity contribution in [1.29, 1.82) is 0 Å². The van der Waals surface area contributed by atoms with E-state index in [1.165, 1.54) is 5.69 Å². The minimum absolute atomic E-state index is 0.207. The van der Waals surface area contributed by atoms with E-state index < -0.39 is 0 Å². The third kappa shape index (κ3) is 4.04. The van der Waals surface area contributed by atoms with Crippen molar-refractivity contribution in [2.45, 2.75) is 6.42 Å². The Bertz CT molecular complexity index is 409. The number of hydrogen-bond acceptors (Lipinski definition) is 4. The summed E-state index contributed by atoms with van der Waals surface area (Å²) in [5.74, 6) is 0.207. The number of nitrogens with one attached hydrogen (secondary N) is 1. The summed E-state index contributed by atoms with van der Waals surface area (Å²) in [5, 5.41) is 7.33. The van der Waals surface area contributed by atoms with Crippen molar-refractivity contribution >= 4 is 5.91 Å². The molecule has 19 heavy (non-hydrogen) atoms. The number of hydrogen-bond donors (Lipinski definition) is 1. The molecule has 1 saturated heterocycles. The van der Waals surface area contributed by atoms with E-state index in [9.17, 15) is 4.79 Å². The maximum atomic E-state index is 12.0. The van der Waals surface area contributed by atoms with Gasteiger partial charge in [0.2, 0.25) is 5.91 Å². The van der Waals surface area contributed by atoms with Crippen LogP contribution in [0.25, 0.3) is 0 Å². The van der Waals surface area contributed by atoms with Crippen LogP contribution >= 0.6 is 0 Å². The molecular formula is C13H23N5O. The third-order valence-electron chi connectivity index (χ3n) is 3.61. The number of aryl methyl sites for hydroxylation is 1. The maximum Gasteiger partial charge on any atom is 0.236 e. The minimum atomic E-state index is 0.207. The fourth-order valence-corrected chi connectivity index (χ4v) is 2.23. The number of amides is 1. The van der Waals surface area contributed by atoms with E-state index in [0.717, 1.165) is 39.1 Å². The number of aromatic nitrogens is 2. The predicted octanol–water partition coefficient (Wildman–Crippen LogP) is -0.674. The smallest absolute Gasteiger partial charge is 0.236 e. The molecule has 0 radical (unpaired) electrons. The van der Waals surface area contributed by atoms with E-state index in [0.29, 0.717) is 6.54 Å². The Morgan fingerprint density at radius 2 is 2.05 bits per heavy atom. The lowest BCUT2D eigenvalue weighted by Gasteiger charge is -2.32. The van der Waals surface area contributed by atoms with Crippen LogP contribution in [0.4, 0.5) is 0 Å². The van der Waals surface area contributed by atoms with Crippen LogP contribution in [0.1, 0.15) is 5.69 Å². The topological polar surface area (TPSA) is 53.4 Å². The van der Waals surface area contributed by atoms with E-state index >= 15 is 0 Å². The van der Waals surface area contributed by atoms with Crippen molar-refractivity contribution in [2.75, 3.05) is 46.3 Å². The zero-order valence-corrected chi connectivity index (χ0v) is 11.8. The zero-order chi connectivity index (χ0) is 13.7. The van der Waals surface area contributed by atoms with E-state index in [1.54, 1.807) is 6.20 Å². The van der Waals surface area contributed by atoms with Gasteiger partial charge in [-0.15, -0.1) is 0 Å². The number of rotatable bonds is 5. The van der Waals surface area contributed by atoms with E-state index in [-0.39, 0.29) is 5.91 Å². The highest BCUT2D eigenvalue weighted by molar-refractivity contribution is 5.78. The van der Waals surface area contributed by atoms with Gasteiger partial charge in [0, 0.05) is 58.1 Å². The first-order chi connectivity index (χ1) is 9.16. The summed E-state index contributed by atoms with van der Waals surface area (Å²) in [6.45, 7) is 4.87. The summed E-state index contributed by atoms with van der Waals surface area (Å²) in [4.78, 5) is 16.2. The van der Waals surface area contributed by atoms with Crippen LogP contribution in [0.15, 0.2) is 12.3 Å². The summed E-state index contributed by atoms with van der Waals surface area (Å²) < 4.78 is 1.87. The highest BCUT2D eigenvalue weighted by Crippen LogP contribution is 1.99. The Hall–Kier alpha value is -1.40. The highest BCUT2D eigenvalue weighted by atomic mass is 16.2. The van der Waals surface area contributed by atoms with Crippen LogP contribution in [-0.4, -0.2) is 71.8 Å². The molecule has 1 aromatic rings. The third-order valence-corrected chi connectivity index (χ3v) is 3.61. The first kappa shape index (κ1) is 14.0. The van der Waals surface area contributed by atoms with Gasteiger partial charge in [0.1, 0.15) is 0 Å². The van der Waals surface area contributed by atoms with Crippen LogP contribution in [-0.2, 0) is 18.3 Å². The Balaban J connectivity index is 1.63. The van der Waals surface area contributed by atoms with Crippen LogP contribution in [0.3, 0.4) is 0 Å². The second-order valence-corrected chi connectivity index (χ2v) is 5.06. The largest absolute Gasteiger partial charge is 0.339 e. The van der Waals surface area contributed by atoms with Crippen molar-refractivity contribution < 1.29 is 4.79 Å². The second kappa shape index (κ2) is 6.68. The Labute approximate surface area is 114 Å². The summed E-state index contributed by atoms with van der Waals surface area (Å²) in [5.41, 5.74) is 1.18. The van der Waals surface area contributed by atoms with E-state index in [1.807, 2.05) is 22.7 Å². The lowest BCUT2D eigenvalue weighted by molar-refractivity contribution is -0.131. The van der Waals surface area contributed by atoms with Crippen molar-refractivity contribution in [1.82, 2.24) is 24.9 Å². The van der Waals surface area contributed by atoms with Crippen LogP contribution in [0.2, 0.25) is 0 Å². The fraction of sp³-hybridized carbons (Fsp3) is 0.692. The number of likely N-dealkylation sites (N-methyl/N-ethyl adjacent to an activating group) is 1. The average Bonchev–Trinajstić information content (AvgIpc) is 2.81. The SMILES string of the molecule is CN1CCN(C(=O)CNCCc2ccnn2C)CC1. The molecule has 1 aromatic heterocycles. The fourth-order valence-electron chi connectivity index (χ4n) is 2.23. The van der Waals surface area contributed by atoms with Gasteiger partial charge in [0.25, 0.3) is 0 Å². The summed E-state index contributed by atoms with van der Waals surface area (Å²) in [6, 6.07) is 2.00. The van der Waals surface area contributed by atoms with Gasteiger partial charge in [-0.2, -0.15) is 5.10 Å². The molecule has 2 heterocycles. The molecule has 0 unspecified atom stereocenters. The quantitative estimate of drug-likeness (QED) is 0.717. The Morgan fingerprint density at radius 3 is 2.68 bits per heavy atom. The Morgan fingerprint density at radius 1 is 1.32 bits per heavy atom. The first-order valence-corrected chi connectivity index (χ1v) is 6.81. The maximum absolute atomic E-state index is 12.0. The molecule has 2 rings (SSSR count). The van der Waals surface area contributed by atoms with Crippen molar-refractivity contribution in [2.24, 2.45) is 7.05 Å². The summed E-state index contributed by atoms with van der Waals surface area (Å²) in [6.07, 6.45) is 2.69. The molecule has 1 aliphatic heterocycles. The van der Waals surface area contributed by atoms with Gasteiger partial charge >= 0.3 is 0 Å². The van der Waals surface area contributed by atoms with Gasteiger partial charge in [0.05, 0.1) is 6.54 Å². The number of carbonyl (C=O) groups is 1. The molecule has 0 aliphatic carbocycles. The summed E-state index contributed by atoms with van der Waals surface area (Å²) >= 11 is 0. The van der Waals surface area contributed by atoms with Crippen molar-refractivity contribution in [3.05, 3.63) is 18.0 Å². The second-order valence-electron chi connectivity index (χ2n) is 5.06. The first-order valence-electron chi connectivity index (χ1n) is 6.81. The molecular weight excluding hydrogens is 242 g/mol. The normalized spacial score (nSPS) is 16.8. The van der Waals surface area contributed by atoms with Crippen molar-refractivity contribution in [3.63, 3.8) is 0 Å². The van der Waals surface area contributed by atoms with E-state index in [4.69, 9.17) is 0 Å². The molecule has 106 valence electrons. The van der Waals surface area contributed by atoms with Gasteiger partial charge < -0.3 is 15.1 Å². The van der Waals surface area contributed by atoms with Gasteiger partial charge in [-0.05, 0) is 13.1 Å². The van der Waals surface area contributed by atoms with Gasteiger partial charge in [0.15, 0.2) is 0 Å². The Kier molecular flexibility index (Phi) is 4.93. The highest BCUT2D eigenvalue weighted by Gasteiger charge is 2.18. The molecule has 1 aliphatic rings. The lowest BCUT2D eigenvalue weighted by atomic mass is 10.3. The summed E-state index contributed by atoms with van der Waals surface area (Å²) in [7, 11) is 4.03. The van der Waals surface area contributed by atoms with Crippen LogP contribution in [0, 0.1) is 0 Å². The molecule has 1 amide bonds. The van der Waals surface area contributed by atoms with Crippen molar-refractivity contribution in [3.8, 4) is 0 Å². The molecule has 1 N–H and O–H groups in total. The predicted molar refractivity (Wildman–Crippen MR) is 73.9 cm³/mol. The molecule has 1 fully saturated rings.